The summed E-state index contributed by atoms with van der Waals surface area (Å²) in [6.45, 7) is 6.40. The Kier molecular flexibility index (Phi) is 46.5. The minimum absolute atomic E-state index is 0.112. The van der Waals surface area contributed by atoms with Gasteiger partial charge in [-0.1, -0.05) is 189 Å². The molecule has 0 aromatic rings. The topological polar surface area (TPSA) is 78.9 Å². The summed E-state index contributed by atoms with van der Waals surface area (Å²) in [5, 5.41) is 0. The number of ether oxygens (including phenoxy) is 3. The Labute approximate surface area is 375 Å². The van der Waals surface area contributed by atoms with Gasteiger partial charge < -0.3 is 14.2 Å². The summed E-state index contributed by atoms with van der Waals surface area (Å²) in [5.74, 6) is -1.01. The normalized spacial score (nSPS) is 12.8. The summed E-state index contributed by atoms with van der Waals surface area (Å²) in [6.07, 6.45) is 63.0. The molecule has 0 saturated heterocycles. The van der Waals surface area contributed by atoms with Gasteiger partial charge in [-0.15, -0.1) is 0 Å². The molecule has 348 valence electrons. The average Bonchev–Trinajstić information content (AvgIpc) is 3.26. The first-order chi connectivity index (χ1) is 30.0. The van der Waals surface area contributed by atoms with E-state index in [1.807, 2.05) is 0 Å². The Bertz CT molecular complexity index is 1200. The second-order valence-electron chi connectivity index (χ2n) is 16.3. The van der Waals surface area contributed by atoms with E-state index in [0.29, 0.717) is 25.7 Å². The highest BCUT2D eigenvalue weighted by Gasteiger charge is 2.19. The molecule has 1 atom stereocenters. The summed E-state index contributed by atoms with van der Waals surface area (Å²) in [6, 6.07) is 0. The van der Waals surface area contributed by atoms with E-state index < -0.39 is 6.10 Å². The average molecular weight is 849 g/mol. The van der Waals surface area contributed by atoms with Gasteiger partial charge in [0, 0.05) is 19.3 Å². The quantitative estimate of drug-likeness (QED) is 0.0263. The van der Waals surface area contributed by atoms with Crippen LogP contribution in [0.4, 0.5) is 0 Å². The molecular formula is C55H92O6. The Morgan fingerprint density at radius 3 is 1.08 bits per heavy atom. The molecule has 0 N–H and O–H groups in total. The summed E-state index contributed by atoms with van der Waals surface area (Å²) in [7, 11) is 0. The smallest absolute Gasteiger partial charge is 0.306 e. The molecule has 0 fully saturated rings. The van der Waals surface area contributed by atoms with Crippen LogP contribution in [-0.2, 0) is 28.6 Å². The van der Waals surface area contributed by atoms with Crippen LogP contribution in [0.15, 0.2) is 85.1 Å². The molecule has 0 heterocycles. The van der Waals surface area contributed by atoms with E-state index in [4.69, 9.17) is 14.2 Å². The largest absolute Gasteiger partial charge is 0.462 e. The van der Waals surface area contributed by atoms with Gasteiger partial charge >= 0.3 is 17.9 Å². The third-order valence-electron chi connectivity index (χ3n) is 10.4. The Hall–Kier alpha value is -3.41. The molecule has 0 aromatic carbocycles. The zero-order valence-corrected chi connectivity index (χ0v) is 39.7. The van der Waals surface area contributed by atoms with Crippen LogP contribution in [-0.4, -0.2) is 37.2 Å². The van der Waals surface area contributed by atoms with Gasteiger partial charge in [0.2, 0.25) is 0 Å². The van der Waals surface area contributed by atoms with Gasteiger partial charge in [-0.3, -0.25) is 14.4 Å². The number of carbonyl (C=O) groups excluding carboxylic acids is 3. The predicted molar refractivity (Wildman–Crippen MR) is 261 cm³/mol. The first kappa shape index (κ1) is 57.6. The van der Waals surface area contributed by atoms with Gasteiger partial charge in [0.15, 0.2) is 6.10 Å². The van der Waals surface area contributed by atoms with Crippen molar-refractivity contribution in [3.8, 4) is 0 Å². The lowest BCUT2D eigenvalue weighted by atomic mass is 10.1. The molecule has 0 radical (unpaired) electrons. The molecule has 0 bridgehead atoms. The third kappa shape index (κ3) is 47.5. The minimum Gasteiger partial charge on any atom is -0.462 e. The van der Waals surface area contributed by atoms with Crippen molar-refractivity contribution < 1.29 is 28.6 Å². The van der Waals surface area contributed by atoms with Gasteiger partial charge in [-0.25, -0.2) is 0 Å². The lowest BCUT2D eigenvalue weighted by Crippen LogP contribution is -2.30. The summed E-state index contributed by atoms with van der Waals surface area (Å²) < 4.78 is 16.7. The molecule has 0 aliphatic carbocycles. The second kappa shape index (κ2) is 49.2. The van der Waals surface area contributed by atoms with Crippen LogP contribution in [0.1, 0.15) is 226 Å². The zero-order chi connectivity index (χ0) is 44.4. The molecule has 6 heteroatoms. The SMILES string of the molecule is CC/C=C\C/C=C\C/C=C\C/C=C\C/C=C\CCCC(=O)OCC(COC(=O)CCC/C=C\CCCCCC)OC(=O)CCCCCCCCC/C=C\CCCCCCCC. The summed E-state index contributed by atoms with van der Waals surface area (Å²) in [4.78, 5) is 37.8. The molecule has 0 saturated carbocycles. The fourth-order valence-electron chi connectivity index (χ4n) is 6.59. The number of hydrogen-bond donors (Lipinski definition) is 0. The van der Waals surface area contributed by atoms with Crippen molar-refractivity contribution in [1.29, 1.82) is 0 Å². The van der Waals surface area contributed by atoms with E-state index in [1.165, 1.54) is 103 Å². The van der Waals surface area contributed by atoms with Crippen molar-refractivity contribution in [2.45, 2.75) is 232 Å². The standard InChI is InChI=1S/C55H92O6/c1-4-7-10-13-16-19-21-23-25-27-29-31-33-36-39-42-45-48-54(57)60-51-52(50-59-53(56)47-44-41-38-35-18-15-12-9-6-3)61-55(58)49-46-43-40-37-34-32-30-28-26-24-22-20-17-14-11-8-5-2/h7,10,16,19,23-26,29,31,35-36,38-39,52H,4-6,8-9,11-15,17-18,20-22,27-28,30,32-34,37,40-51H2,1-3H3/b10-7-,19-16-,25-23-,26-24-,31-29-,38-35-,39-36-. The number of unbranched alkanes of at least 4 members (excludes halogenated alkanes) is 19. The number of rotatable bonds is 44. The van der Waals surface area contributed by atoms with Gasteiger partial charge in [0.1, 0.15) is 13.2 Å². The first-order valence-electron chi connectivity index (χ1n) is 25.1. The Balaban J connectivity index is 4.45. The predicted octanol–water partition coefficient (Wildman–Crippen LogP) is 16.4. The lowest BCUT2D eigenvalue weighted by Gasteiger charge is -2.18. The van der Waals surface area contributed by atoms with Crippen molar-refractivity contribution in [2.24, 2.45) is 0 Å². The number of esters is 3. The van der Waals surface area contributed by atoms with Crippen LogP contribution < -0.4 is 0 Å². The van der Waals surface area contributed by atoms with Gasteiger partial charge in [-0.05, 0) is 103 Å². The fourth-order valence-corrected chi connectivity index (χ4v) is 6.59. The van der Waals surface area contributed by atoms with Crippen LogP contribution in [0.25, 0.3) is 0 Å². The molecule has 0 aromatic heterocycles. The summed E-state index contributed by atoms with van der Waals surface area (Å²) in [5.41, 5.74) is 0. The molecule has 0 aliphatic rings. The third-order valence-corrected chi connectivity index (χ3v) is 10.4. The molecule has 1 unspecified atom stereocenters. The summed E-state index contributed by atoms with van der Waals surface area (Å²) >= 11 is 0. The van der Waals surface area contributed by atoms with Gasteiger partial charge in [0.25, 0.3) is 0 Å². The Morgan fingerprint density at radius 2 is 0.656 bits per heavy atom. The van der Waals surface area contributed by atoms with Gasteiger partial charge in [0.05, 0.1) is 0 Å². The van der Waals surface area contributed by atoms with E-state index in [1.54, 1.807) is 0 Å². The molecule has 0 spiro atoms. The number of hydrogen-bond acceptors (Lipinski definition) is 6. The fraction of sp³-hybridized carbons (Fsp3) is 0.691. The van der Waals surface area contributed by atoms with E-state index >= 15 is 0 Å². The van der Waals surface area contributed by atoms with Crippen LogP contribution in [0, 0.1) is 0 Å². The van der Waals surface area contributed by atoms with Crippen molar-refractivity contribution in [2.75, 3.05) is 13.2 Å². The molecular weight excluding hydrogens is 757 g/mol. The molecule has 0 rings (SSSR count). The highest BCUT2D eigenvalue weighted by atomic mass is 16.6. The first-order valence-corrected chi connectivity index (χ1v) is 25.1. The van der Waals surface area contributed by atoms with Gasteiger partial charge in [-0.2, -0.15) is 0 Å². The highest BCUT2D eigenvalue weighted by Crippen LogP contribution is 2.13. The second-order valence-corrected chi connectivity index (χ2v) is 16.3. The van der Waals surface area contributed by atoms with Crippen molar-refractivity contribution in [3.63, 3.8) is 0 Å². The van der Waals surface area contributed by atoms with Crippen LogP contribution in [0.3, 0.4) is 0 Å². The monoisotopic (exact) mass is 849 g/mol. The maximum atomic E-state index is 12.8. The molecule has 0 amide bonds. The Morgan fingerprint density at radius 1 is 0.344 bits per heavy atom. The van der Waals surface area contributed by atoms with E-state index in [0.717, 1.165) is 70.6 Å². The number of allylic oxidation sites excluding steroid dienone is 14. The van der Waals surface area contributed by atoms with Crippen LogP contribution in [0.5, 0.6) is 0 Å². The van der Waals surface area contributed by atoms with Crippen molar-refractivity contribution >= 4 is 17.9 Å². The van der Waals surface area contributed by atoms with E-state index in [9.17, 15) is 14.4 Å². The molecule has 6 nitrogen and oxygen atoms in total. The van der Waals surface area contributed by atoms with Crippen LogP contribution >= 0.6 is 0 Å². The molecule has 0 aliphatic heterocycles. The van der Waals surface area contributed by atoms with E-state index in [2.05, 4.69) is 106 Å². The van der Waals surface area contributed by atoms with Crippen molar-refractivity contribution in [3.05, 3.63) is 85.1 Å². The zero-order valence-electron chi connectivity index (χ0n) is 39.7. The number of carbonyl (C=O) groups is 3. The lowest BCUT2D eigenvalue weighted by molar-refractivity contribution is -0.167. The highest BCUT2D eigenvalue weighted by molar-refractivity contribution is 5.71. The maximum absolute atomic E-state index is 12.8. The van der Waals surface area contributed by atoms with E-state index in [-0.39, 0.29) is 37.5 Å². The van der Waals surface area contributed by atoms with Crippen molar-refractivity contribution in [1.82, 2.24) is 0 Å². The van der Waals surface area contributed by atoms with Crippen LogP contribution in [0.2, 0.25) is 0 Å². The molecule has 61 heavy (non-hydrogen) atoms. The minimum atomic E-state index is -0.811. The maximum Gasteiger partial charge on any atom is 0.306 e.